The van der Waals surface area contributed by atoms with Crippen LogP contribution in [0.3, 0.4) is 0 Å². The third-order valence-electron chi connectivity index (χ3n) is 5.48. The number of amides is 1. The van der Waals surface area contributed by atoms with E-state index in [1.807, 2.05) is 78.9 Å². The lowest BCUT2D eigenvalue weighted by Crippen LogP contribution is -2.47. The van der Waals surface area contributed by atoms with E-state index in [4.69, 9.17) is 32.5 Å². The zero-order valence-electron chi connectivity index (χ0n) is 18.6. The molecule has 0 spiro atoms. The molecule has 4 rings (SSSR count). The van der Waals surface area contributed by atoms with Gasteiger partial charge in [-0.05, 0) is 41.8 Å². The number of nitrogens with two attached hydrogens (primary N) is 2. The highest BCUT2D eigenvalue weighted by Gasteiger charge is 2.38. The molecule has 8 heteroatoms. The summed E-state index contributed by atoms with van der Waals surface area (Å²) in [6, 6.07) is 24.7. The first-order chi connectivity index (χ1) is 16.5. The predicted molar refractivity (Wildman–Crippen MR) is 134 cm³/mol. The largest absolute Gasteiger partial charge is 0.493 e. The number of para-hydroxylation sites is 2. The molecule has 0 aliphatic carbocycles. The van der Waals surface area contributed by atoms with E-state index in [-0.39, 0.29) is 11.9 Å². The van der Waals surface area contributed by atoms with Crippen molar-refractivity contribution < 1.29 is 14.3 Å². The van der Waals surface area contributed by atoms with Gasteiger partial charge in [0, 0.05) is 13.0 Å². The van der Waals surface area contributed by atoms with Crippen LogP contribution in [0.5, 0.6) is 11.5 Å². The van der Waals surface area contributed by atoms with E-state index in [0.29, 0.717) is 36.8 Å². The summed E-state index contributed by atoms with van der Waals surface area (Å²) in [6.07, 6.45) is 0.423. The summed E-state index contributed by atoms with van der Waals surface area (Å²) in [5.41, 5.74) is 12.7. The van der Waals surface area contributed by atoms with E-state index in [9.17, 15) is 4.79 Å². The van der Waals surface area contributed by atoms with E-state index in [2.05, 4.69) is 4.99 Å². The molecule has 1 aliphatic rings. The number of benzene rings is 3. The molecular weight excluding hydrogens is 452 g/mol. The first kappa shape index (κ1) is 23.4. The van der Waals surface area contributed by atoms with Crippen molar-refractivity contribution in [2.75, 3.05) is 18.1 Å². The van der Waals surface area contributed by atoms with Gasteiger partial charge in [0.2, 0.25) is 0 Å². The monoisotopic (exact) mass is 478 g/mol. The van der Waals surface area contributed by atoms with Crippen molar-refractivity contribution in [1.29, 1.82) is 0 Å². The lowest BCUT2D eigenvalue weighted by molar-refractivity contribution is -0.127. The van der Waals surface area contributed by atoms with Crippen molar-refractivity contribution in [2.24, 2.45) is 16.5 Å². The Labute approximate surface area is 203 Å². The molecule has 2 unspecified atom stereocenters. The van der Waals surface area contributed by atoms with Gasteiger partial charge >= 0.3 is 0 Å². The van der Waals surface area contributed by atoms with Crippen LogP contribution in [0.1, 0.15) is 23.0 Å². The number of carbonyl (C=O) groups is 1. The highest BCUT2D eigenvalue weighted by Crippen LogP contribution is 2.41. The van der Waals surface area contributed by atoms with Crippen molar-refractivity contribution in [3.05, 3.63) is 90.0 Å². The van der Waals surface area contributed by atoms with Crippen LogP contribution < -0.4 is 25.8 Å². The number of fused-ring (bicyclic) bond motifs is 1. The number of nitrogens with zero attached hydrogens (tertiary/aromatic N) is 2. The quantitative estimate of drug-likeness (QED) is 0.209. The molecule has 0 radical (unpaired) electrons. The highest BCUT2D eigenvalue weighted by atomic mass is 35.5. The van der Waals surface area contributed by atoms with Crippen LogP contribution in [0.15, 0.2) is 83.9 Å². The Balaban J connectivity index is 1.40. The Morgan fingerprint density at radius 2 is 1.74 bits per heavy atom. The minimum atomic E-state index is -0.696. The number of alkyl halides is 1. The van der Waals surface area contributed by atoms with Crippen molar-refractivity contribution >= 4 is 29.2 Å². The number of carbonyl (C=O) groups excluding carboxylic acids is 1. The number of hydrogen-bond donors (Lipinski definition) is 2. The zero-order chi connectivity index (χ0) is 23.9. The Morgan fingerprint density at radius 1 is 1.03 bits per heavy atom. The number of rotatable bonds is 9. The lowest BCUT2D eigenvalue weighted by atomic mass is 10.1. The standard InChI is InChI=1S/C26H27ClN4O3/c27-24(19-6-2-1-3-7-19)31-21-8-4-5-9-22(21)34-23(25(31)32)15-17-33-20-12-10-18(11-13-20)14-16-30-26(28)29/h1-13,23-24H,14-17H2,(H4,28,29,30). The van der Waals surface area contributed by atoms with Gasteiger partial charge in [0.1, 0.15) is 17.0 Å². The number of halogens is 1. The number of hydrogen-bond acceptors (Lipinski definition) is 4. The van der Waals surface area contributed by atoms with Gasteiger partial charge < -0.3 is 20.9 Å². The van der Waals surface area contributed by atoms with Crippen LogP contribution in [0.4, 0.5) is 5.69 Å². The van der Waals surface area contributed by atoms with E-state index >= 15 is 0 Å². The second kappa shape index (κ2) is 10.9. The molecule has 3 aromatic carbocycles. The molecule has 1 aliphatic heterocycles. The second-order valence-electron chi connectivity index (χ2n) is 7.87. The van der Waals surface area contributed by atoms with Gasteiger partial charge in [-0.3, -0.25) is 14.7 Å². The van der Waals surface area contributed by atoms with Crippen LogP contribution in [0, 0.1) is 0 Å². The van der Waals surface area contributed by atoms with E-state index in [1.54, 1.807) is 4.90 Å². The predicted octanol–water partition coefficient (Wildman–Crippen LogP) is 4.00. The molecule has 7 nitrogen and oxygen atoms in total. The smallest absolute Gasteiger partial charge is 0.269 e. The molecule has 176 valence electrons. The zero-order valence-corrected chi connectivity index (χ0v) is 19.4. The SMILES string of the molecule is NC(N)=NCCc1ccc(OCCC2Oc3ccccc3N(C(Cl)c3ccccc3)C2=O)cc1. The second-order valence-corrected chi connectivity index (χ2v) is 8.28. The average Bonchev–Trinajstić information content (AvgIpc) is 2.85. The van der Waals surface area contributed by atoms with Crippen LogP contribution in [-0.2, 0) is 11.2 Å². The Kier molecular flexibility index (Phi) is 7.54. The number of aliphatic imine (C=N–C) groups is 1. The van der Waals surface area contributed by atoms with Crippen LogP contribution in [-0.4, -0.2) is 31.1 Å². The summed E-state index contributed by atoms with van der Waals surface area (Å²) in [5.74, 6) is 1.23. The van der Waals surface area contributed by atoms with Gasteiger partial charge in [0.15, 0.2) is 12.1 Å². The molecule has 1 heterocycles. The van der Waals surface area contributed by atoms with Crippen molar-refractivity contribution in [3.63, 3.8) is 0 Å². The number of ether oxygens (including phenoxy) is 2. The lowest BCUT2D eigenvalue weighted by Gasteiger charge is -2.37. The molecule has 0 aromatic heterocycles. The minimum Gasteiger partial charge on any atom is -0.493 e. The van der Waals surface area contributed by atoms with Crippen molar-refractivity contribution in [1.82, 2.24) is 0 Å². The van der Waals surface area contributed by atoms with Crippen molar-refractivity contribution in [3.8, 4) is 11.5 Å². The van der Waals surface area contributed by atoms with Gasteiger partial charge in [0.05, 0.1) is 12.3 Å². The third-order valence-corrected chi connectivity index (χ3v) is 5.92. The summed E-state index contributed by atoms with van der Waals surface area (Å²) in [4.78, 5) is 19.0. The summed E-state index contributed by atoms with van der Waals surface area (Å²) >= 11 is 6.77. The Bertz CT molecular complexity index is 1130. The Hall–Kier alpha value is -3.71. The van der Waals surface area contributed by atoms with Crippen LogP contribution >= 0.6 is 11.6 Å². The van der Waals surface area contributed by atoms with Gasteiger partial charge in [0.25, 0.3) is 5.91 Å². The van der Waals surface area contributed by atoms with Crippen LogP contribution in [0.25, 0.3) is 0 Å². The van der Waals surface area contributed by atoms with Gasteiger partial charge in [-0.2, -0.15) is 0 Å². The summed E-state index contributed by atoms with van der Waals surface area (Å²) in [7, 11) is 0. The first-order valence-electron chi connectivity index (χ1n) is 11.1. The van der Waals surface area contributed by atoms with Crippen molar-refractivity contribution in [2.45, 2.75) is 24.4 Å². The van der Waals surface area contributed by atoms with Gasteiger partial charge in [-0.1, -0.05) is 66.2 Å². The molecule has 34 heavy (non-hydrogen) atoms. The maximum Gasteiger partial charge on any atom is 0.269 e. The molecule has 3 aromatic rings. The molecule has 1 amide bonds. The molecular formula is C26H27ClN4O3. The molecule has 0 bridgehead atoms. The van der Waals surface area contributed by atoms with Crippen LogP contribution in [0.2, 0.25) is 0 Å². The number of anilines is 1. The third kappa shape index (κ3) is 5.61. The molecule has 0 saturated heterocycles. The first-order valence-corrected chi connectivity index (χ1v) is 11.5. The fourth-order valence-corrected chi connectivity index (χ4v) is 4.11. The average molecular weight is 479 g/mol. The maximum absolute atomic E-state index is 13.4. The molecule has 2 atom stereocenters. The maximum atomic E-state index is 13.4. The molecule has 4 N–H and O–H groups in total. The van der Waals surface area contributed by atoms with E-state index < -0.39 is 11.6 Å². The highest BCUT2D eigenvalue weighted by molar-refractivity contribution is 6.25. The van der Waals surface area contributed by atoms with E-state index in [0.717, 1.165) is 17.5 Å². The fraction of sp³-hybridized carbons (Fsp3) is 0.231. The van der Waals surface area contributed by atoms with Gasteiger partial charge in [-0.25, -0.2) is 0 Å². The molecule has 0 fully saturated rings. The normalized spacial score (nSPS) is 15.7. The summed E-state index contributed by atoms with van der Waals surface area (Å²) < 4.78 is 11.9. The fourth-order valence-electron chi connectivity index (χ4n) is 3.76. The number of guanidine groups is 1. The van der Waals surface area contributed by atoms with Gasteiger partial charge in [-0.15, -0.1) is 0 Å². The Morgan fingerprint density at radius 3 is 2.47 bits per heavy atom. The molecule has 0 saturated carbocycles. The van der Waals surface area contributed by atoms with E-state index in [1.165, 1.54) is 0 Å². The summed E-state index contributed by atoms with van der Waals surface area (Å²) in [5, 5.41) is 0. The minimum absolute atomic E-state index is 0.0878. The summed E-state index contributed by atoms with van der Waals surface area (Å²) in [6.45, 7) is 0.851. The topological polar surface area (TPSA) is 103 Å².